The van der Waals surface area contributed by atoms with E-state index in [-0.39, 0.29) is 11.6 Å². The van der Waals surface area contributed by atoms with Crippen molar-refractivity contribution in [3.8, 4) is 0 Å². The van der Waals surface area contributed by atoms with Crippen molar-refractivity contribution in [3.63, 3.8) is 0 Å². The van der Waals surface area contributed by atoms with Crippen LogP contribution in [0.1, 0.15) is 22.0 Å². The smallest absolute Gasteiger partial charge is 0.254 e. The Labute approximate surface area is 150 Å². The molecule has 0 aliphatic carbocycles. The zero-order chi connectivity index (χ0) is 17.6. The van der Waals surface area contributed by atoms with Crippen molar-refractivity contribution < 1.29 is 13.9 Å². The van der Waals surface area contributed by atoms with Gasteiger partial charge in [0.1, 0.15) is 5.82 Å². The Morgan fingerprint density at radius 3 is 2.72 bits per heavy atom. The van der Waals surface area contributed by atoms with E-state index in [2.05, 4.69) is 15.2 Å². The monoisotopic (exact) mass is 363 g/mol. The number of nitrogens with one attached hydrogen (secondary N) is 1. The van der Waals surface area contributed by atoms with Gasteiger partial charge >= 0.3 is 0 Å². The summed E-state index contributed by atoms with van der Waals surface area (Å²) in [4.78, 5) is 18.7. The molecule has 1 aromatic carbocycles. The Morgan fingerprint density at radius 1 is 1.28 bits per heavy atom. The molecule has 2 aromatic rings. The summed E-state index contributed by atoms with van der Waals surface area (Å²) in [5, 5.41) is 3.15. The van der Waals surface area contributed by atoms with Gasteiger partial charge in [0.05, 0.1) is 24.8 Å². The number of ether oxygens (including phenoxy) is 1. The topological polar surface area (TPSA) is 54.5 Å². The highest BCUT2D eigenvalue weighted by atomic mass is 35.5. The third kappa shape index (κ3) is 4.54. The van der Waals surface area contributed by atoms with Crippen LogP contribution in [-0.4, -0.2) is 48.6 Å². The number of nitrogens with zero attached hydrogens (tertiary/aromatic N) is 2. The van der Waals surface area contributed by atoms with Crippen LogP contribution in [0.5, 0.6) is 0 Å². The second kappa shape index (κ2) is 8.38. The lowest BCUT2D eigenvalue weighted by Gasteiger charge is -2.34. The standard InChI is InChI=1S/C18H19ClFN3O2/c19-14-1-2-16(20)15(11-14)18(24)22-12-17(13-3-5-21-6-4-13)23-7-9-25-10-8-23/h1-6,11,17H,7-10,12H2,(H,22,24). The molecule has 1 N–H and O–H groups in total. The molecule has 0 saturated carbocycles. The number of aromatic nitrogens is 1. The van der Waals surface area contributed by atoms with Gasteiger partial charge in [-0.1, -0.05) is 11.6 Å². The highest BCUT2D eigenvalue weighted by molar-refractivity contribution is 6.31. The molecule has 7 heteroatoms. The first-order valence-electron chi connectivity index (χ1n) is 8.10. The fourth-order valence-electron chi connectivity index (χ4n) is 2.89. The third-order valence-electron chi connectivity index (χ3n) is 4.21. The predicted molar refractivity (Wildman–Crippen MR) is 93.1 cm³/mol. The minimum atomic E-state index is -0.589. The van der Waals surface area contributed by atoms with Crippen LogP contribution in [0.4, 0.5) is 4.39 Å². The van der Waals surface area contributed by atoms with Crippen LogP contribution in [0.25, 0.3) is 0 Å². The number of rotatable bonds is 5. The van der Waals surface area contributed by atoms with Crippen molar-refractivity contribution in [2.45, 2.75) is 6.04 Å². The maximum absolute atomic E-state index is 13.9. The number of hydrogen-bond acceptors (Lipinski definition) is 4. The zero-order valence-electron chi connectivity index (χ0n) is 13.6. The van der Waals surface area contributed by atoms with E-state index in [4.69, 9.17) is 16.3 Å². The first kappa shape index (κ1) is 17.8. The van der Waals surface area contributed by atoms with Gasteiger partial charge in [-0.3, -0.25) is 14.7 Å². The van der Waals surface area contributed by atoms with E-state index in [1.807, 2.05) is 12.1 Å². The lowest BCUT2D eigenvalue weighted by molar-refractivity contribution is 0.0162. The molecule has 132 valence electrons. The largest absolute Gasteiger partial charge is 0.379 e. The lowest BCUT2D eigenvalue weighted by Crippen LogP contribution is -2.43. The molecule has 1 atom stereocenters. The molecule has 1 fully saturated rings. The second-order valence-electron chi connectivity index (χ2n) is 5.78. The molecule has 1 aliphatic heterocycles. The van der Waals surface area contributed by atoms with Crippen LogP contribution in [0.3, 0.4) is 0 Å². The second-order valence-corrected chi connectivity index (χ2v) is 6.22. The zero-order valence-corrected chi connectivity index (χ0v) is 14.4. The van der Waals surface area contributed by atoms with Crippen LogP contribution in [-0.2, 0) is 4.74 Å². The summed E-state index contributed by atoms with van der Waals surface area (Å²) in [6.07, 6.45) is 3.45. The number of pyridine rings is 1. The molecular formula is C18H19ClFN3O2. The number of hydrogen-bond donors (Lipinski definition) is 1. The number of benzene rings is 1. The minimum absolute atomic E-state index is 0.0295. The average molecular weight is 364 g/mol. The molecule has 0 bridgehead atoms. The summed E-state index contributed by atoms with van der Waals surface area (Å²) in [6, 6.07) is 7.76. The Balaban J connectivity index is 1.74. The van der Waals surface area contributed by atoms with Crippen molar-refractivity contribution >= 4 is 17.5 Å². The van der Waals surface area contributed by atoms with Gasteiger partial charge in [-0.15, -0.1) is 0 Å². The highest BCUT2D eigenvalue weighted by Crippen LogP contribution is 2.21. The molecule has 25 heavy (non-hydrogen) atoms. The van der Waals surface area contributed by atoms with E-state index in [9.17, 15) is 9.18 Å². The number of carbonyl (C=O) groups excluding carboxylic acids is 1. The van der Waals surface area contributed by atoms with Gasteiger partial charge in [0.2, 0.25) is 0 Å². The first-order valence-corrected chi connectivity index (χ1v) is 8.48. The van der Waals surface area contributed by atoms with Crippen molar-refractivity contribution in [1.82, 2.24) is 15.2 Å². The van der Waals surface area contributed by atoms with Crippen molar-refractivity contribution in [2.75, 3.05) is 32.8 Å². The maximum atomic E-state index is 13.9. The van der Waals surface area contributed by atoms with E-state index in [1.165, 1.54) is 18.2 Å². The number of morpholine rings is 1. The van der Waals surface area contributed by atoms with Crippen LogP contribution in [0.2, 0.25) is 5.02 Å². The molecule has 1 unspecified atom stereocenters. The van der Waals surface area contributed by atoms with E-state index >= 15 is 0 Å². The van der Waals surface area contributed by atoms with Crippen molar-refractivity contribution in [2.24, 2.45) is 0 Å². The number of halogens is 2. The SMILES string of the molecule is O=C(NCC(c1ccncc1)N1CCOCC1)c1cc(Cl)ccc1F. The lowest BCUT2D eigenvalue weighted by atomic mass is 10.1. The number of carbonyl (C=O) groups is 1. The van der Waals surface area contributed by atoms with Crippen molar-refractivity contribution in [1.29, 1.82) is 0 Å². The summed E-state index contributed by atoms with van der Waals surface area (Å²) in [5.41, 5.74) is 0.992. The van der Waals surface area contributed by atoms with Gasteiger partial charge in [-0.2, -0.15) is 0 Å². The fourth-order valence-corrected chi connectivity index (χ4v) is 3.06. The summed E-state index contributed by atoms with van der Waals surface area (Å²) >= 11 is 5.87. The molecule has 1 aromatic heterocycles. The fraction of sp³-hybridized carbons (Fsp3) is 0.333. The summed E-state index contributed by atoms with van der Waals surface area (Å²) in [7, 11) is 0. The van der Waals surface area contributed by atoms with E-state index < -0.39 is 11.7 Å². The number of amides is 1. The van der Waals surface area contributed by atoms with Gasteiger partial charge in [-0.05, 0) is 35.9 Å². The first-order chi connectivity index (χ1) is 12.1. The van der Waals surface area contributed by atoms with Crippen LogP contribution in [0, 0.1) is 5.82 Å². The van der Waals surface area contributed by atoms with E-state index in [0.717, 1.165) is 18.7 Å². The van der Waals surface area contributed by atoms with Crippen molar-refractivity contribution in [3.05, 3.63) is 64.7 Å². The van der Waals surface area contributed by atoms with Gasteiger partial charge in [0, 0.05) is 37.1 Å². The Morgan fingerprint density at radius 2 is 2.00 bits per heavy atom. The summed E-state index contributed by atoms with van der Waals surface area (Å²) < 4.78 is 19.3. The Bertz CT molecular complexity index is 724. The third-order valence-corrected chi connectivity index (χ3v) is 4.44. The summed E-state index contributed by atoms with van der Waals surface area (Å²) in [6.45, 7) is 3.20. The Hall–Kier alpha value is -2.02. The minimum Gasteiger partial charge on any atom is -0.379 e. The Kier molecular flexibility index (Phi) is 5.96. The van der Waals surface area contributed by atoms with Crippen LogP contribution < -0.4 is 5.32 Å². The molecule has 0 spiro atoms. The van der Waals surface area contributed by atoms with E-state index in [1.54, 1.807) is 12.4 Å². The molecule has 1 saturated heterocycles. The van der Waals surface area contributed by atoms with E-state index in [0.29, 0.717) is 24.8 Å². The predicted octanol–water partition coefficient (Wildman–Crippen LogP) is 2.68. The normalized spacial score (nSPS) is 16.4. The molecule has 5 nitrogen and oxygen atoms in total. The average Bonchev–Trinajstić information content (AvgIpc) is 2.65. The molecule has 3 rings (SSSR count). The summed E-state index contributed by atoms with van der Waals surface area (Å²) in [5.74, 6) is -1.07. The van der Waals surface area contributed by atoms with Crippen LogP contribution >= 0.6 is 11.6 Å². The quantitative estimate of drug-likeness (QED) is 0.887. The highest BCUT2D eigenvalue weighted by Gasteiger charge is 2.24. The molecule has 0 radical (unpaired) electrons. The molecular weight excluding hydrogens is 345 g/mol. The van der Waals surface area contributed by atoms with Gasteiger partial charge in [0.25, 0.3) is 5.91 Å². The maximum Gasteiger partial charge on any atom is 0.254 e. The molecule has 1 aliphatic rings. The van der Waals surface area contributed by atoms with Gasteiger partial charge in [0.15, 0.2) is 0 Å². The molecule has 1 amide bonds. The van der Waals surface area contributed by atoms with Gasteiger partial charge in [-0.25, -0.2) is 4.39 Å². The molecule has 2 heterocycles. The van der Waals surface area contributed by atoms with Gasteiger partial charge < -0.3 is 10.1 Å². The van der Waals surface area contributed by atoms with Crippen LogP contribution in [0.15, 0.2) is 42.7 Å².